The molecule has 0 bridgehead atoms. The van der Waals surface area contributed by atoms with E-state index < -0.39 is 17.4 Å². The van der Waals surface area contributed by atoms with Crippen LogP contribution in [0.15, 0.2) is 11.1 Å². The molecular formula is C13H24N2O4. The normalized spacial score (nSPS) is 24.3. The quantitative estimate of drug-likeness (QED) is 0.445. The van der Waals surface area contributed by atoms with Crippen LogP contribution in [0.25, 0.3) is 0 Å². The van der Waals surface area contributed by atoms with Crippen molar-refractivity contribution in [3.05, 3.63) is 11.1 Å². The maximum atomic E-state index is 11.8. The van der Waals surface area contributed by atoms with Crippen LogP contribution in [0.1, 0.15) is 40.0 Å². The van der Waals surface area contributed by atoms with Gasteiger partial charge in [0.25, 0.3) is 0 Å². The lowest BCUT2D eigenvalue weighted by molar-refractivity contribution is 0.0458. The van der Waals surface area contributed by atoms with E-state index in [2.05, 4.69) is 5.32 Å². The Balaban J connectivity index is 2.87. The molecule has 1 unspecified atom stereocenters. The van der Waals surface area contributed by atoms with E-state index in [0.29, 0.717) is 24.0 Å². The highest BCUT2D eigenvalue weighted by Gasteiger charge is 2.36. The zero-order chi connectivity index (χ0) is 14.7. The third kappa shape index (κ3) is 4.19. The van der Waals surface area contributed by atoms with Crippen LogP contribution < -0.4 is 11.1 Å². The summed E-state index contributed by atoms with van der Waals surface area (Å²) in [6, 6.07) is 0. The number of nitrogens with one attached hydrogen (secondary N) is 1. The van der Waals surface area contributed by atoms with E-state index >= 15 is 0 Å². The molecule has 0 heterocycles. The maximum absolute atomic E-state index is 11.8. The van der Waals surface area contributed by atoms with Crippen LogP contribution in [-0.4, -0.2) is 40.8 Å². The molecule has 0 aliphatic heterocycles. The lowest BCUT2D eigenvalue weighted by atomic mass is 9.83. The van der Waals surface area contributed by atoms with Crippen molar-refractivity contribution >= 4 is 6.09 Å². The minimum Gasteiger partial charge on any atom is -0.444 e. The van der Waals surface area contributed by atoms with Crippen LogP contribution in [0.4, 0.5) is 4.79 Å². The van der Waals surface area contributed by atoms with Crippen molar-refractivity contribution in [3.8, 4) is 0 Å². The fraction of sp³-hybridized carbons (Fsp3) is 0.769. The predicted octanol–water partition coefficient (Wildman–Crippen LogP) is 0.631. The van der Waals surface area contributed by atoms with Crippen LogP contribution in [0.5, 0.6) is 0 Å². The first-order chi connectivity index (χ1) is 8.72. The molecule has 0 radical (unpaired) electrons. The van der Waals surface area contributed by atoms with Crippen LogP contribution >= 0.6 is 0 Å². The largest absolute Gasteiger partial charge is 0.444 e. The first-order valence-corrected chi connectivity index (χ1v) is 6.45. The van der Waals surface area contributed by atoms with Gasteiger partial charge in [0.15, 0.2) is 0 Å². The summed E-state index contributed by atoms with van der Waals surface area (Å²) in [7, 11) is 0. The highest BCUT2D eigenvalue weighted by molar-refractivity contribution is 5.69. The molecule has 6 nitrogen and oxygen atoms in total. The summed E-state index contributed by atoms with van der Waals surface area (Å²) in [6.07, 6.45) is 1.30. The molecule has 6 heteroatoms. The zero-order valence-electron chi connectivity index (χ0n) is 11.8. The Hall–Kier alpha value is -1.11. The van der Waals surface area contributed by atoms with Gasteiger partial charge in [0.05, 0.1) is 13.2 Å². The second-order valence-corrected chi connectivity index (χ2v) is 5.85. The average molecular weight is 272 g/mol. The SMILES string of the molecule is CC(C)(C)OC(=O)NC1(N)CCCC(CO)=C1CO. The van der Waals surface area contributed by atoms with Crippen LogP contribution in [0.2, 0.25) is 0 Å². The molecular weight excluding hydrogens is 248 g/mol. The number of hydrogen-bond acceptors (Lipinski definition) is 5. The number of alkyl carbamates (subject to hydrolysis) is 1. The summed E-state index contributed by atoms with van der Waals surface area (Å²) in [5.41, 5.74) is 5.57. The molecule has 1 aliphatic carbocycles. The monoisotopic (exact) mass is 272 g/mol. The lowest BCUT2D eigenvalue weighted by Gasteiger charge is -2.38. The van der Waals surface area contributed by atoms with Crippen LogP contribution in [0, 0.1) is 0 Å². The number of amides is 1. The summed E-state index contributed by atoms with van der Waals surface area (Å²) in [5, 5.41) is 21.3. The number of carbonyl (C=O) groups is 1. The summed E-state index contributed by atoms with van der Waals surface area (Å²) in [5.74, 6) is 0. The van der Waals surface area contributed by atoms with Gasteiger partial charge < -0.3 is 20.7 Å². The van der Waals surface area contributed by atoms with Gasteiger partial charge in [0, 0.05) is 0 Å². The molecule has 110 valence electrons. The summed E-state index contributed by atoms with van der Waals surface area (Å²) in [6.45, 7) is 4.84. The van der Waals surface area contributed by atoms with E-state index in [1.165, 1.54) is 0 Å². The Bertz CT molecular complexity index is 373. The molecule has 0 saturated carbocycles. The van der Waals surface area contributed by atoms with E-state index in [1.807, 2.05) is 0 Å². The molecule has 0 aromatic heterocycles. The standard InChI is InChI=1S/C13H24N2O4/c1-12(2,3)19-11(18)15-13(14)6-4-5-9(7-16)10(13)8-17/h16-17H,4-8,14H2,1-3H3,(H,15,18). The van der Waals surface area contributed by atoms with Crippen molar-refractivity contribution in [3.63, 3.8) is 0 Å². The van der Waals surface area contributed by atoms with E-state index in [4.69, 9.17) is 10.5 Å². The van der Waals surface area contributed by atoms with Gasteiger partial charge >= 0.3 is 6.09 Å². The Labute approximate surface area is 113 Å². The Morgan fingerprint density at radius 2 is 2.05 bits per heavy atom. The Morgan fingerprint density at radius 3 is 2.53 bits per heavy atom. The van der Waals surface area contributed by atoms with Crippen molar-refractivity contribution in [1.29, 1.82) is 0 Å². The molecule has 0 saturated heterocycles. The summed E-state index contributed by atoms with van der Waals surface area (Å²) >= 11 is 0. The van der Waals surface area contributed by atoms with Gasteiger partial charge in [-0.1, -0.05) is 0 Å². The molecule has 5 N–H and O–H groups in total. The van der Waals surface area contributed by atoms with Gasteiger partial charge in [0.1, 0.15) is 11.3 Å². The molecule has 1 atom stereocenters. The third-order valence-electron chi connectivity index (χ3n) is 3.09. The first kappa shape index (κ1) is 15.9. The Morgan fingerprint density at radius 1 is 1.42 bits per heavy atom. The third-order valence-corrected chi connectivity index (χ3v) is 3.09. The molecule has 0 spiro atoms. The fourth-order valence-corrected chi connectivity index (χ4v) is 2.25. The van der Waals surface area contributed by atoms with Crippen molar-refractivity contribution in [1.82, 2.24) is 5.32 Å². The molecule has 1 amide bonds. The molecule has 0 aromatic carbocycles. The topological polar surface area (TPSA) is 105 Å². The molecule has 0 aromatic rings. The minimum absolute atomic E-state index is 0.162. The smallest absolute Gasteiger partial charge is 0.409 e. The van der Waals surface area contributed by atoms with Crippen LogP contribution in [0.3, 0.4) is 0 Å². The van der Waals surface area contributed by atoms with Gasteiger partial charge in [-0.3, -0.25) is 5.32 Å². The van der Waals surface area contributed by atoms with Gasteiger partial charge in [-0.05, 0) is 51.2 Å². The molecule has 1 aliphatic rings. The van der Waals surface area contributed by atoms with E-state index in [-0.39, 0.29) is 13.2 Å². The average Bonchev–Trinajstić information content (AvgIpc) is 2.24. The first-order valence-electron chi connectivity index (χ1n) is 6.45. The number of hydrogen-bond donors (Lipinski definition) is 4. The Kier molecular flexibility index (Phi) is 4.95. The van der Waals surface area contributed by atoms with Crippen molar-refractivity contribution in [2.45, 2.75) is 51.3 Å². The number of ether oxygens (including phenoxy) is 1. The molecule has 19 heavy (non-hydrogen) atoms. The van der Waals surface area contributed by atoms with Gasteiger partial charge in [-0.2, -0.15) is 0 Å². The van der Waals surface area contributed by atoms with Gasteiger partial charge in [-0.25, -0.2) is 4.79 Å². The van der Waals surface area contributed by atoms with E-state index in [1.54, 1.807) is 20.8 Å². The van der Waals surface area contributed by atoms with E-state index in [0.717, 1.165) is 6.42 Å². The minimum atomic E-state index is -1.15. The fourth-order valence-electron chi connectivity index (χ4n) is 2.25. The predicted molar refractivity (Wildman–Crippen MR) is 71.3 cm³/mol. The van der Waals surface area contributed by atoms with Gasteiger partial charge in [-0.15, -0.1) is 0 Å². The van der Waals surface area contributed by atoms with Gasteiger partial charge in [0.2, 0.25) is 0 Å². The van der Waals surface area contributed by atoms with Crippen molar-refractivity contribution < 1.29 is 19.7 Å². The highest BCUT2D eigenvalue weighted by atomic mass is 16.6. The maximum Gasteiger partial charge on any atom is 0.409 e. The van der Waals surface area contributed by atoms with E-state index in [9.17, 15) is 15.0 Å². The second-order valence-electron chi connectivity index (χ2n) is 5.85. The molecule has 0 fully saturated rings. The zero-order valence-corrected chi connectivity index (χ0v) is 11.8. The van der Waals surface area contributed by atoms with Crippen LogP contribution in [-0.2, 0) is 4.74 Å². The van der Waals surface area contributed by atoms with Crippen molar-refractivity contribution in [2.24, 2.45) is 5.73 Å². The number of aliphatic hydroxyl groups is 2. The number of aliphatic hydroxyl groups excluding tert-OH is 2. The number of carbonyl (C=O) groups excluding carboxylic acids is 1. The lowest BCUT2D eigenvalue weighted by Crippen LogP contribution is -2.60. The number of rotatable bonds is 3. The summed E-state index contributed by atoms with van der Waals surface area (Å²) in [4.78, 5) is 11.8. The van der Waals surface area contributed by atoms with Crippen molar-refractivity contribution in [2.75, 3.05) is 13.2 Å². The number of nitrogens with two attached hydrogens (primary N) is 1. The molecule has 1 rings (SSSR count). The highest BCUT2D eigenvalue weighted by Crippen LogP contribution is 2.30. The summed E-state index contributed by atoms with van der Waals surface area (Å²) < 4.78 is 5.17. The second kappa shape index (κ2) is 5.90.